The predicted molar refractivity (Wildman–Crippen MR) is 110 cm³/mol. The number of hydrogen-bond donors (Lipinski definition) is 3. The molecule has 0 aromatic heterocycles. The monoisotopic (exact) mass is 497 g/mol. The lowest BCUT2D eigenvalue weighted by Gasteiger charge is -2.31. The van der Waals surface area contributed by atoms with Gasteiger partial charge < -0.3 is 14.6 Å². The third kappa shape index (κ3) is 5.69. The molecule has 4 rings (SSSR count). The molecule has 35 heavy (non-hydrogen) atoms. The number of aliphatic hydroxyl groups is 1. The van der Waals surface area contributed by atoms with Crippen molar-refractivity contribution in [2.75, 3.05) is 5.32 Å². The van der Waals surface area contributed by atoms with Crippen molar-refractivity contribution in [2.45, 2.75) is 44.6 Å². The van der Waals surface area contributed by atoms with Gasteiger partial charge in [0.05, 0.1) is 11.7 Å². The lowest BCUT2D eigenvalue weighted by molar-refractivity contribution is -0.274. The van der Waals surface area contributed by atoms with Crippen molar-refractivity contribution >= 4 is 23.6 Å². The van der Waals surface area contributed by atoms with Gasteiger partial charge in [-0.2, -0.15) is 0 Å². The molecule has 2 aromatic rings. The Labute approximate surface area is 195 Å². The Morgan fingerprint density at radius 1 is 1.20 bits per heavy atom. The molecule has 2 aliphatic rings. The van der Waals surface area contributed by atoms with Crippen LogP contribution >= 0.6 is 0 Å². The summed E-state index contributed by atoms with van der Waals surface area (Å²) in [5.74, 6) is -2.56. The number of carbonyl (C=O) groups excluding carboxylic acids is 3. The van der Waals surface area contributed by atoms with Crippen LogP contribution in [0.1, 0.15) is 35.8 Å². The van der Waals surface area contributed by atoms with Gasteiger partial charge in [-0.05, 0) is 35.7 Å². The SMILES string of the molecule is O=C1CC[C@H](N2Cc3ccc(COC(=O)Nc4cc(OC(F)(F)F)ccc4F)cc3C2O)C(=O)N1. The maximum absolute atomic E-state index is 13.9. The topological polar surface area (TPSA) is 117 Å². The second kappa shape index (κ2) is 9.50. The highest BCUT2D eigenvalue weighted by molar-refractivity contribution is 6.00. The van der Waals surface area contributed by atoms with E-state index < -0.39 is 47.9 Å². The molecule has 0 radical (unpaired) electrons. The number of nitrogens with zero attached hydrogens (tertiary/aromatic N) is 1. The summed E-state index contributed by atoms with van der Waals surface area (Å²) < 4.78 is 59.6. The standard InChI is InChI=1S/C22H19F4N3O6/c23-15-4-3-13(35-22(24,25)26)8-16(15)27-21(33)34-10-11-1-2-12-9-29(20(32)14(12)7-11)17-5-6-18(30)28-19(17)31/h1-4,7-8,17,20,32H,5-6,9-10H2,(H,27,33)(H,28,30,31)/t17-,20?/m0/s1. The van der Waals surface area contributed by atoms with E-state index in [4.69, 9.17) is 4.74 Å². The van der Waals surface area contributed by atoms with E-state index in [0.29, 0.717) is 23.3 Å². The van der Waals surface area contributed by atoms with Gasteiger partial charge in [0.2, 0.25) is 11.8 Å². The molecule has 13 heteroatoms. The Morgan fingerprint density at radius 2 is 1.97 bits per heavy atom. The summed E-state index contributed by atoms with van der Waals surface area (Å²) >= 11 is 0. The molecule has 0 spiro atoms. The zero-order valence-electron chi connectivity index (χ0n) is 17.9. The molecule has 3 N–H and O–H groups in total. The first-order valence-corrected chi connectivity index (χ1v) is 10.4. The van der Waals surface area contributed by atoms with Crippen LogP contribution in [0.3, 0.4) is 0 Å². The van der Waals surface area contributed by atoms with Gasteiger partial charge in [0.1, 0.15) is 24.4 Å². The smallest absolute Gasteiger partial charge is 0.444 e. The Morgan fingerprint density at radius 3 is 2.69 bits per heavy atom. The van der Waals surface area contributed by atoms with Crippen molar-refractivity contribution < 1.29 is 46.5 Å². The van der Waals surface area contributed by atoms with E-state index in [1.54, 1.807) is 23.1 Å². The van der Waals surface area contributed by atoms with Crippen molar-refractivity contribution in [1.29, 1.82) is 0 Å². The van der Waals surface area contributed by atoms with Gasteiger partial charge in [0.15, 0.2) is 0 Å². The number of halogens is 4. The number of anilines is 1. The number of hydrogen-bond acceptors (Lipinski definition) is 7. The summed E-state index contributed by atoms with van der Waals surface area (Å²) in [7, 11) is 0. The van der Waals surface area contributed by atoms with Crippen LogP contribution in [0.5, 0.6) is 5.75 Å². The van der Waals surface area contributed by atoms with Gasteiger partial charge in [-0.15, -0.1) is 13.2 Å². The third-order valence-corrected chi connectivity index (χ3v) is 5.54. The number of nitrogens with one attached hydrogen (secondary N) is 2. The lowest BCUT2D eigenvalue weighted by Crippen LogP contribution is -2.51. The molecule has 186 valence electrons. The summed E-state index contributed by atoms with van der Waals surface area (Å²) in [5, 5.41) is 15.0. The summed E-state index contributed by atoms with van der Waals surface area (Å²) in [5.41, 5.74) is 1.15. The molecule has 1 saturated heterocycles. The number of fused-ring (bicyclic) bond motifs is 1. The first-order valence-electron chi connectivity index (χ1n) is 10.4. The molecular formula is C22H19F4N3O6. The summed E-state index contributed by atoms with van der Waals surface area (Å²) in [6.45, 7) is -0.00930. The largest absolute Gasteiger partial charge is 0.573 e. The number of ether oxygens (including phenoxy) is 2. The average molecular weight is 497 g/mol. The van der Waals surface area contributed by atoms with Crippen LogP contribution in [0, 0.1) is 5.82 Å². The maximum atomic E-state index is 13.9. The first kappa shape index (κ1) is 24.4. The van der Waals surface area contributed by atoms with Gasteiger partial charge in [-0.1, -0.05) is 12.1 Å². The Hall–Kier alpha value is -3.71. The highest BCUT2D eigenvalue weighted by Gasteiger charge is 2.39. The van der Waals surface area contributed by atoms with E-state index in [0.717, 1.165) is 11.6 Å². The van der Waals surface area contributed by atoms with Crippen molar-refractivity contribution in [2.24, 2.45) is 0 Å². The van der Waals surface area contributed by atoms with Gasteiger partial charge in [0.25, 0.3) is 0 Å². The average Bonchev–Trinajstić information content (AvgIpc) is 3.09. The van der Waals surface area contributed by atoms with Gasteiger partial charge in [-0.25, -0.2) is 9.18 Å². The molecule has 1 fully saturated rings. The first-order chi connectivity index (χ1) is 16.5. The van der Waals surface area contributed by atoms with Crippen molar-refractivity contribution in [3.63, 3.8) is 0 Å². The van der Waals surface area contributed by atoms with E-state index in [2.05, 4.69) is 10.1 Å². The molecule has 0 aliphatic carbocycles. The zero-order valence-corrected chi connectivity index (χ0v) is 17.9. The van der Waals surface area contributed by atoms with Crippen LogP contribution in [-0.4, -0.2) is 40.3 Å². The van der Waals surface area contributed by atoms with E-state index in [1.807, 2.05) is 5.32 Å². The Kier molecular flexibility index (Phi) is 6.63. The minimum Gasteiger partial charge on any atom is -0.444 e. The number of aliphatic hydroxyl groups excluding tert-OH is 1. The minimum atomic E-state index is -4.98. The van der Waals surface area contributed by atoms with Gasteiger partial charge in [-0.3, -0.25) is 25.1 Å². The summed E-state index contributed by atoms with van der Waals surface area (Å²) in [4.78, 5) is 37.2. The second-order valence-electron chi connectivity index (χ2n) is 7.94. The van der Waals surface area contributed by atoms with Crippen molar-refractivity contribution in [1.82, 2.24) is 10.2 Å². The number of amides is 3. The summed E-state index contributed by atoms with van der Waals surface area (Å²) in [6.07, 6.45) is -6.79. The third-order valence-electron chi connectivity index (χ3n) is 5.54. The predicted octanol–water partition coefficient (Wildman–Crippen LogP) is 3.08. The number of rotatable bonds is 5. The number of benzene rings is 2. The molecule has 1 unspecified atom stereocenters. The molecule has 2 aliphatic heterocycles. The van der Waals surface area contributed by atoms with Crippen LogP contribution in [0.2, 0.25) is 0 Å². The summed E-state index contributed by atoms with van der Waals surface area (Å²) in [6, 6.07) is 6.36. The van der Waals surface area contributed by atoms with Crippen LogP contribution in [0.15, 0.2) is 36.4 Å². The Bertz CT molecular complexity index is 1170. The Balaban J connectivity index is 1.37. The highest BCUT2D eigenvalue weighted by atomic mass is 19.4. The number of piperidine rings is 1. The molecule has 2 atom stereocenters. The fourth-order valence-corrected chi connectivity index (χ4v) is 3.95. The van der Waals surface area contributed by atoms with Crippen LogP contribution in [0.4, 0.5) is 28.0 Å². The lowest BCUT2D eigenvalue weighted by atomic mass is 10.0. The second-order valence-corrected chi connectivity index (χ2v) is 7.94. The number of alkyl halides is 3. The molecule has 0 bridgehead atoms. The van der Waals surface area contributed by atoms with Crippen molar-refractivity contribution in [3.8, 4) is 5.75 Å². The van der Waals surface area contributed by atoms with Crippen LogP contribution in [-0.2, 0) is 27.5 Å². The number of imide groups is 1. The number of carbonyl (C=O) groups is 3. The normalized spacial score (nSPS) is 20.3. The fraction of sp³-hybridized carbons (Fsp3) is 0.318. The molecular weight excluding hydrogens is 478 g/mol. The molecule has 0 saturated carbocycles. The van der Waals surface area contributed by atoms with Crippen LogP contribution < -0.4 is 15.4 Å². The van der Waals surface area contributed by atoms with Crippen LogP contribution in [0.25, 0.3) is 0 Å². The quantitative estimate of drug-likeness (QED) is 0.429. The highest BCUT2D eigenvalue weighted by Crippen LogP contribution is 2.36. The van der Waals surface area contributed by atoms with Gasteiger partial charge >= 0.3 is 12.5 Å². The van der Waals surface area contributed by atoms with E-state index in [-0.39, 0.29) is 31.9 Å². The zero-order chi connectivity index (χ0) is 25.3. The van der Waals surface area contributed by atoms with E-state index in [1.165, 1.54) is 0 Å². The molecule has 2 aromatic carbocycles. The molecule has 2 heterocycles. The van der Waals surface area contributed by atoms with E-state index in [9.17, 15) is 37.1 Å². The fourth-order valence-electron chi connectivity index (χ4n) is 3.95. The maximum Gasteiger partial charge on any atom is 0.573 e. The molecule has 9 nitrogen and oxygen atoms in total. The molecule has 3 amide bonds. The minimum absolute atomic E-state index is 0.163. The van der Waals surface area contributed by atoms with Gasteiger partial charge in [0, 0.05) is 24.6 Å². The van der Waals surface area contributed by atoms with Crippen molar-refractivity contribution in [3.05, 3.63) is 58.9 Å². The van der Waals surface area contributed by atoms with E-state index >= 15 is 0 Å².